The zero-order valence-corrected chi connectivity index (χ0v) is 22.6. The van der Waals surface area contributed by atoms with E-state index in [1.54, 1.807) is 25.1 Å². The van der Waals surface area contributed by atoms with E-state index in [0.717, 1.165) is 17.5 Å². The Bertz CT molecular complexity index is 1580. The molecule has 6 nitrogen and oxygen atoms in total. The molecule has 1 aliphatic rings. The van der Waals surface area contributed by atoms with E-state index in [2.05, 4.69) is 19.7 Å². The van der Waals surface area contributed by atoms with Gasteiger partial charge in [0.2, 0.25) is 0 Å². The molecule has 1 unspecified atom stereocenters. The van der Waals surface area contributed by atoms with Gasteiger partial charge in [0.15, 0.2) is 0 Å². The average molecular weight is 541 g/mol. The number of fused-ring (bicyclic) bond motifs is 1. The number of esters is 3. The molecule has 0 radical (unpaired) electrons. The Hall–Kier alpha value is -4.78. The molecule has 0 spiro atoms. The van der Waals surface area contributed by atoms with Gasteiger partial charge in [0.1, 0.15) is 23.4 Å². The van der Waals surface area contributed by atoms with Crippen molar-refractivity contribution < 1.29 is 33.0 Å². The molecule has 0 fully saturated rings. The largest absolute Gasteiger partial charge is 0.454 e. The minimum absolute atomic E-state index is 0.0758. The zero-order valence-electron chi connectivity index (χ0n) is 22.6. The van der Waals surface area contributed by atoms with E-state index < -0.39 is 29.8 Å². The van der Waals surface area contributed by atoms with Crippen molar-refractivity contribution in [3.63, 3.8) is 0 Å². The molecular weight excluding hydrogens is 511 g/mol. The van der Waals surface area contributed by atoms with Gasteiger partial charge >= 0.3 is 17.9 Å². The Labute approximate surface area is 232 Å². The van der Waals surface area contributed by atoms with Gasteiger partial charge in [-0.2, -0.15) is 0 Å². The van der Waals surface area contributed by atoms with Crippen LogP contribution in [-0.2, 0) is 25.5 Å². The number of carbonyl (C=O) groups excluding carboxylic acids is 3. The summed E-state index contributed by atoms with van der Waals surface area (Å²) >= 11 is 0. The first-order chi connectivity index (χ1) is 18.9. The highest BCUT2D eigenvalue weighted by molar-refractivity contribution is 5.91. The lowest BCUT2D eigenvalue weighted by molar-refractivity contribution is -0.144. The third-order valence-electron chi connectivity index (χ3n) is 6.42. The third kappa shape index (κ3) is 6.10. The maximum absolute atomic E-state index is 15.6. The van der Waals surface area contributed by atoms with Crippen LogP contribution in [0.4, 0.5) is 4.39 Å². The van der Waals surface area contributed by atoms with E-state index in [-0.39, 0.29) is 22.6 Å². The molecule has 1 atom stereocenters. The van der Waals surface area contributed by atoms with Gasteiger partial charge in [0.25, 0.3) is 0 Å². The van der Waals surface area contributed by atoms with E-state index in [1.807, 2.05) is 18.2 Å². The number of carbonyl (C=O) groups is 3. The lowest BCUT2D eigenvalue weighted by atomic mass is 9.96. The van der Waals surface area contributed by atoms with Crippen LogP contribution in [0.15, 0.2) is 91.1 Å². The predicted octanol–water partition coefficient (Wildman–Crippen LogP) is 7.23. The fraction of sp³-hybridized carbons (Fsp3) is 0.182. The van der Waals surface area contributed by atoms with Gasteiger partial charge in [-0.1, -0.05) is 44.0 Å². The molecule has 3 aromatic carbocycles. The van der Waals surface area contributed by atoms with Crippen molar-refractivity contribution in [1.82, 2.24) is 0 Å². The molecule has 7 heteroatoms. The number of halogens is 1. The van der Waals surface area contributed by atoms with Crippen LogP contribution < -0.4 is 9.47 Å². The summed E-state index contributed by atoms with van der Waals surface area (Å²) in [4.78, 5) is 36.4. The van der Waals surface area contributed by atoms with Crippen molar-refractivity contribution in [3.8, 4) is 33.8 Å². The predicted molar refractivity (Wildman–Crippen MR) is 150 cm³/mol. The number of hydrogen-bond acceptors (Lipinski definition) is 6. The molecule has 0 aromatic heterocycles. The minimum atomic E-state index is -0.679. The summed E-state index contributed by atoms with van der Waals surface area (Å²) in [5, 5.41) is 0. The fourth-order valence-electron chi connectivity index (χ4n) is 4.27. The van der Waals surface area contributed by atoms with E-state index >= 15 is 4.39 Å². The zero-order chi connectivity index (χ0) is 29.1. The third-order valence-corrected chi connectivity index (χ3v) is 6.42. The van der Waals surface area contributed by atoms with Crippen molar-refractivity contribution in [2.45, 2.75) is 39.7 Å². The summed E-state index contributed by atoms with van der Waals surface area (Å²) < 4.78 is 31.9. The van der Waals surface area contributed by atoms with E-state index in [0.29, 0.717) is 34.2 Å². The van der Waals surface area contributed by atoms with E-state index in [9.17, 15) is 14.4 Å². The highest BCUT2D eigenvalue weighted by Gasteiger charge is 2.27. The first-order valence-corrected chi connectivity index (χ1v) is 12.6. The summed E-state index contributed by atoms with van der Waals surface area (Å²) in [6.07, 6.45) is 1.00. The number of ether oxygens (including phenoxy) is 3. The fourth-order valence-corrected chi connectivity index (χ4v) is 4.27. The van der Waals surface area contributed by atoms with Crippen molar-refractivity contribution >= 4 is 17.9 Å². The first-order valence-electron chi connectivity index (χ1n) is 12.6. The normalized spacial score (nSPS) is 13.7. The number of aryl methyl sites for hydroxylation is 1. The van der Waals surface area contributed by atoms with Crippen LogP contribution in [0.5, 0.6) is 11.5 Å². The van der Waals surface area contributed by atoms with E-state index in [1.165, 1.54) is 32.0 Å². The Morgan fingerprint density at radius 1 is 0.750 bits per heavy atom. The lowest BCUT2D eigenvalue weighted by Gasteiger charge is -2.15. The van der Waals surface area contributed by atoms with Crippen molar-refractivity contribution in [1.29, 1.82) is 0 Å². The molecule has 0 saturated heterocycles. The Kier molecular flexibility index (Phi) is 8.14. The minimum Gasteiger partial charge on any atom is -0.454 e. The van der Waals surface area contributed by atoms with Crippen LogP contribution in [0, 0.1) is 5.82 Å². The molecule has 0 bridgehead atoms. The lowest BCUT2D eigenvalue weighted by Crippen LogP contribution is -2.11. The quantitative estimate of drug-likeness (QED) is 0.170. The van der Waals surface area contributed by atoms with Crippen LogP contribution in [0.3, 0.4) is 0 Å². The van der Waals surface area contributed by atoms with Gasteiger partial charge in [-0.25, -0.2) is 18.8 Å². The monoisotopic (exact) mass is 540 g/mol. The Morgan fingerprint density at radius 3 is 2.00 bits per heavy atom. The second kappa shape index (κ2) is 11.5. The highest BCUT2D eigenvalue weighted by Crippen LogP contribution is 2.39. The standard InChI is InChI=1S/C33H29FO6/c1-18(2)31(35)38-24-11-13-26(30(17-24)40-33(37)20(5)6)23-9-12-25(28(34)16-23)22-8-7-21-10-14-29(27(21)15-22)39-32(36)19(3)4/h7-9,11-13,15-17,29H,1,3,5,10,14H2,2,4,6H3. The summed E-state index contributed by atoms with van der Waals surface area (Å²) in [5.41, 5.74) is 4.44. The second-order valence-corrected chi connectivity index (χ2v) is 9.82. The van der Waals surface area contributed by atoms with Crippen LogP contribution in [0.25, 0.3) is 22.3 Å². The van der Waals surface area contributed by atoms with Crippen molar-refractivity contribution in [2.24, 2.45) is 0 Å². The smallest absolute Gasteiger partial charge is 0.338 e. The number of benzene rings is 3. The Morgan fingerprint density at radius 2 is 1.35 bits per heavy atom. The van der Waals surface area contributed by atoms with Crippen LogP contribution in [-0.4, -0.2) is 17.9 Å². The van der Waals surface area contributed by atoms with Gasteiger partial charge in [0, 0.05) is 33.9 Å². The molecule has 0 N–H and O–H groups in total. The maximum atomic E-state index is 15.6. The summed E-state index contributed by atoms with van der Waals surface area (Å²) in [5.74, 6) is -2.05. The molecule has 0 amide bonds. The molecule has 3 aromatic rings. The van der Waals surface area contributed by atoms with E-state index in [4.69, 9.17) is 14.2 Å². The van der Waals surface area contributed by atoms with Gasteiger partial charge in [-0.05, 0) is 80.1 Å². The molecule has 204 valence electrons. The first kappa shape index (κ1) is 28.2. The Balaban J connectivity index is 1.68. The van der Waals surface area contributed by atoms with Crippen LogP contribution in [0.2, 0.25) is 0 Å². The number of hydrogen-bond donors (Lipinski definition) is 0. The van der Waals surface area contributed by atoms with Gasteiger partial charge < -0.3 is 14.2 Å². The average Bonchev–Trinajstić information content (AvgIpc) is 3.30. The van der Waals surface area contributed by atoms with Crippen molar-refractivity contribution in [3.05, 3.63) is 108 Å². The maximum Gasteiger partial charge on any atom is 0.338 e. The van der Waals surface area contributed by atoms with Gasteiger partial charge in [-0.3, -0.25) is 0 Å². The topological polar surface area (TPSA) is 78.9 Å². The van der Waals surface area contributed by atoms with Crippen LogP contribution >= 0.6 is 0 Å². The highest BCUT2D eigenvalue weighted by atomic mass is 19.1. The molecule has 0 saturated carbocycles. The summed E-state index contributed by atoms with van der Waals surface area (Å²) in [6.45, 7) is 15.4. The van der Waals surface area contributed by atoms with Gasteiger partial charge in [0.05, 0.1) is 0 Å². The molecule has 4 rings (SSSR count). The SMILES string of the molecule is C=C(C)C(=O)Oc1ccc(-c2ccc(-c3ccc4c(c3)C(OC(=O)C(=C)C)CC4)c(F)c2)c(OC(=O)C(=C)C)c1. The second-order valence-electron chi connectivity index (χ2n) is 9.82. The summed E-state index contributed by atoms with van der Waals surface area (Å²) in [6, 6.07) is 14.8. The molecule has 0 aliphatic heterocycles. The number of rotatable bonds is 8. The molecule has 40 heavy (non-hydrogen) atoms. The molecular formula is C33H29FO6. The molecule has 0 heterocycles. The molecule has 1 aliphatic carbocycles. The summed E-state index contributed by atoms with van der Waals surface area (Å²) in [7, 11) is 0. The van der Waals surface area contributed by atoms with Crippen molar-refractivity contribution in [2.75, 3.05) is 0 Å². The van der Waals surface area contributed by atoms with Crippen LogP contribution in [0.1, 0.15) is 44.4 Å². The van der Waals surface area contributed by atoms with Gasteiger partial charge in [-0.15, -0.1) is 0 Å².